The first-order chi connectivity index (χ1) is 13.5. The van der Waals surface area contributed by atoms with Gasteiger partial charge in [-0.2, -0.15) is 5.26 Å². The lowest BCUT2D eigenvalue weighted by Crippen LogP contribution is -2.33. The van der Waals surface area contributed by atoms with Crippen molar-refractivity contribution in [1.82, 2.24) is 9.55 Å². The van der Waals surface area contributed by atoms with Crippen molar-refractivity contribution in [3.63, 3.8) is 0 Å². The average Bonchev–Trinajstić information content (AvgIpc) is 2.71. The number of aromatic nitrogens is 2. The molecule has 0 aliphatic carbocycles. The number of carbonyl (C=O) groups is 1. The van der Waals surface area contributed by atoms with Gasteiger partial charge in [0.15, 0.2) is 5.16 Å². The van der Waals surface area contributed by atoms with Crippen LogP contribution in [0, 0.1) is 11.3 Å². The Morgan fingerprint density at radius 2 is 2.04 bits per heavy atom. The van der Waals surface area contributed by atoms with E-state index in [0.717, 1.165) is 4.47 Å². The number of hydrogen-bond donors (Lipinski definition) is 0. The standard InChI is InChI=1S/C20H17BrN4O2S/c1-2-24-19(27)16-12-14(21)8-9-17(16)23-20(24)28-13-18(26)25(11-10-22)15-6-4-3-5-7-15/h3-9,12H,2,11,13H2,1H3. The second-order valence-electron chi connectivity index (χ2n) is 5.87. The Kier molecular flexibility index (Phi) is 6.49. The summed E-state index contributed by atoms with van der Waals surface area (Å²) in [4.78, 5) is 31.5. The molecule has 3 rings (SSSR count). The van der Waals surface area contributed by atoms with E-state index in [0.29, 0.717) is 28.3 Å². The van der Waals surface area contributed by atoms with E-state index in [2.05, 4.69) is 20.9 Å². The van der Waals surface area contributed by atoms with E-state index < -0.39 is 0 Å². The molecule has 1 amide bonds. The van der Waals surface area contributed by atoms with Gasteiger partial charge in [0, 0.05) is 16.7 Å². The van der Waals surface area contributed by atoms with Crippen LogP contribution in [0.1, 0.15) is 6.92 Å². The minimum Gasteiger partial charge on any atom is -0.298 e. The molecular formula is C20H17BrN4O2S. The highest BCUT2D eigenvalue weighted by Crippen LogP contribution is 2.22. The molecule has 0 spiro atoms. The Balaban J connectivity index is 1.88. The van der Waals surface area contributed by atoms with E-state index >= 15 is 0 Å². The molecule has 0 saturated carbocycles. The fourth-order valence-electron chi connectivity index (χ4n) is 2.77. The van der Waals surface area contributed by atoms with Gasteiger partial charge in [-0.05, 0) is 37.3 Å². The third-order valence-electron chi connectivity index (χ3n) is 4.12. The van der Waals surface area contributed by atoms with Crippen LogP contribution in [0.4, 0.5) is 5.69 Å². The summed E-state index contributed by atoms with van der Waals surface area (Å²) in [6.45, 7) is 2.28. The molecule has 6 nitrogen and oxygen atoms in total. The van der Waals surface area contributed by atoms with Gasteiger partial charge < -0.3 is 0 Å². The number of anilines is 1. The van der Waals surface area contributed by atoms with Crippen LogP contribution in [0.2, 0.25) is 0 Å². The van der Waals surface area contributed by atoms with Gasteiger partial charge in [-0.15, -0.1) is 0 Å². The van der Waals surface area contributed by atoms with Gasteiger partial charge in [0.2, 0.25) is 5.91 Å². The molecule has 0 radical (unpaired) electrons. The SMILES string of the molecule is CCn1c(SCC(=O)N(CC#N)c2ccccc2)nc2ccc(Br)cc2c1=O. The molecule has 0 aliphatic rings. The normalized spacial score (nSPS) is 10.6. The third kappa shape index (κ3) is 4.26. The first-order valence-electron chi connectivity index (χ1n) is 8.60. The van der Waals surface area contributed by atoms with Crippen molar-refractivity contribution in [2.45, 2.75) is 18.6 Å². The number of thioether (sulfide) groups is 1. The monoisotopic (exact) mass is 456 g/mol. The van der Waals surface area contributed by atoms with Crippen molar-refractivity contribution in [3.05, 3.63) is 63.4 Å². The van der Waals surface area contributed by atoms with Crippen molar-refractivity contribution < 1.29 is 4.79 Å². The maximum atomic E-state index is 12.8. The number of fused-ring (bicyclic) bond motifs is 1. The minimum absolute atomic E-state index is 0.0385. The maximum absolute atomic E-state index is 12.8. The number of halogens is 1. The van der Waals surface area contributed by atoms with E-state index in [1.165, 1.54) is 16.7 Å². The third-order valence-corrected chi connectivity index (χ3v) is 5.57. The largest absolute Gasteiger partial charge is 0.298 e. The molecular weight excluding hydrogens is 440 g/mol. The zero-order valence-electron chi connectivity index (χ0n) is 15.1. The van der Waals surface area contributed by atoms with E-state index in [4.69, 9.17) is 5.26 Å². The Labute approximate surface area is 174 Å². The molecule has 1 aromatic heterocycles. The first-order valence-corrected chi connectivity index (χ1v) is 10.4. The van der Waals surface area contributed by atoms with Crippen LogP contribution >= 0.6 is 27.7 Å². The second-order valence-corrected chi connectivity index (χ2v) is 7.73. The lowest BCUT2D eigenvalue weighted by atomic mass is 10.2. The molecule has 1 heterocycles. The summed E-state index contributed by atoms with van der Waals surface area (Å²) in [5.41, 5.74) is 1.12. The van der Waals surface area contributed by atoms with E-state index in [1.807, 2.05) is 37.3 Å². The van der Waals surface area contributed by atoms with Crippen LogP contribution in [-0.4, -0.2) is 27.8 Å². The van der Waals surface area contributed by atoms with Gasteiger partial charge in [0.05, 0.1) is 22.7 Å². The molecule has 0 atom stereocenters. The summed E-state index contributed by atoms with van der Waals surface area (Å²) in [6, 6.07) is 16.4. The van der Waals surface area contributed by atoms with Crippen molar-refractivity contribution in [2.24, 2.45) is 0 Å². The van der Waals surface area contributed by atoms with Gasteiger partial charge >= 0.3 is 0 Å². The number of carbonyl (C=O) groups excluding carboxylic acids is 1. The molecule has 28 heavy (non-hydrogen) atoms. The minimum atomic E-state index is -0.217. The highest BCUT2D eigenvalue weighted by Gasteiger charge is 2.18. The molecule has 0 saturated heterocycles. The molecule has 0 bridgehead atoms. The first kappa shape index (κ1) is 20.1. The lowest BCUT2D eigenvalue weighted by Gasteiger charge is -2.19. The van der Waals surface area contributed by atoms with Gasteiger partial charge in [0.25, 0.3) is 5.56 Å². The number of hydrogen-bond acceptors (Lipinski definition) is 5. The predicted octanol–water partition coefficient (Wildman–Crippen LogP) is 3.83. The highest BCUT2D eigenvalue weighted by atomic mass is 79.9. The summed E-state index contributed by atoms with van der Waals surface area (Å²) in [7, 11) is 0. The van der Waals surface area contributed by atoms with Gasteiger partial charge in [-0.25, -0.2) is 4.98 Å². The molecule has 0 unspecified atom stereocenters. The smallest absolute Gasteiger partial charge is 0.262 e. The number of amides is 1. The number of benzene rings is 2. The highest BCUT2D eigenvalue weighted by molar-refractivity contribution is 9.10. The molecule has 0 fully saturated rings. The van der Waals surface area contributed by atoms with Gasteiger partial charge in [-0.1, -0.05) is 45.9 Å². The summed E-state index contributed by atoms with van der Waals surface area (Å²) in [5.74, 6) is -0.143. The van der Waals surface area contributed by atoms with Gasteiger partial charge in [0.1, 0.15) is 6.54 Å². The van der Waals surface area contributed by atoms with Crippen molar-refractivity contribution in [2.75, 3.05) is 17.2 Å². The average molecular weight is 457 g/mol. The van der Waals surface area contributed by atoms with Crippen LogP contribution in [0.25, 0.3) is 10.9 Å². The summed E-state index contributed by atoms with van der Waals surface area (Å²) >= 11 is 4.58. The van der Waals surface area contributed by atoms with Crippen molar-refractivity contribution in [3.8, 4) is 6.07 Å². The van der Waals surface area contributed by atoms with Crippen molar-refractivity contribution in [1.29, 1.82) is 5.26 Å². The topological polar surface area (TPSA) is 79.0 Å². The fourth-order valence-corrected chi connectivity index (χ4v) is 4.07. The van der Waals surface area contributed by atoms with E-state index in [1.54, 1.807) is 28.8 Å². The number of nitrogens with zero attached hydrogens (tertiary/aromatic N) is 4. The van der Waals surface area contributed by atoms with Gasteiger partial charge in [-0.3, -0.25) is 19.1 Å². The number of rotatable bonds is 6. The van der Waals surface area contributed by atoms with Crippen LogP contribution < -0.4 is 10.5 Å². The van der Waals surface area contributed by atoms with Crippen LogP contribution in [0.15, 0.2) is 63.0 Å². The maximum Gasteiger partial charge on any atom is 0.262 e. The summed E-state index contributed by atoms with van der Waals surface area (Å²) in [6.07, 6.45) is 0. The summed E-state index contributed by atoms with van der Waals surface area (Å²) in [5, 5.41) is 10.1. The lowest BCUT2D eigenvalue weighted by molar-refractivity contribution is -0.116. The van der Waals surface area contributed by atoms with Crippen LogP contribution in [0.5, 0.6) is 0 Å². The zero-order chi connectivity index (χ0) is 20.1. The fraction of sp³-hybridized carbons (Fsp3) is 0.200. The Hall–Kier alpha value is -2.63. The number of nitriles is 1. The molecule has 142 valence electrons. The predicted molar refractivity (Wildman–Crippen MR) is 115 cm³/mol. The molecule has 8 heteroatoms. The molecule has 2 aromatic carbocycles. The van der Waals surface area contributed by atoms with Crippen LogP contribution in [0.3, 0.4) is 0 Å². The van der Waals surface area contributed by atoms with Crippen LogP contribution in [-0.2, 0) is 11.3 Å². The molecule has 0 aliphatic heterocycles. The quantitative estimate of drug-likeness (QED) is 0.320. The molecule has 0 N–H and O–H groups in total. The Morgan fingerprint density at radius 1 is 1.29 bits per heavy atom. The van der Waals surface area contributed by atoms with E-state index in [9.17, 15) is 9.59 Å². The van der Waals surface area contributed by atoms with E-state index in [-0.39, 0.29) is 23.8 Å². The second kappa shape index (κ2) is 9.04. The number of para-hydroxylation sites is 1. The summed E-state index contributed by atoms with van der Waals surface area (Å²) < 4.78 is 2.37. The Bertz CT molecular complexity index is 1110. The van der Waals surface area contributed by atoms with Crippen molar-refractivity contribution >= 4 is 50.2 Å². The zero-order valence-corrected chi connectivity index (χ0v) is 17.5. The molecule has 3 aromatic rings. The Morgan fingerprint density at radius 3 is 2.71 bits per heavy atom.